The van der Waals surface area contributed by atoms with E-state index in [1.54, 1.807) is 6.07 Å². The molecule has 0 radical (unpaired) electrons. The van der Waals surface area contributed by atoms with Crippen LogP contribution in [0.5, 0.6) is 0 Å². The number of ether oxygens (including phenoxy) is 1. The molecule has 2 rings (SSSR count). The Bertz CT molecular complexity index is 378. The van der Waals surface area contributed by atoms with Gasteiger partial charge in [-0.05, 0) is 37.6 Å². The van der Waals surface area contributed by atoms with Crippen molar-refractivity contribution in [1.82, 2.24) is 4.90 Å². The Morgan fingerprint density at radius 3 is 3.00 bits per heavy atom. The molecule has 1 fully saturated rings. The summed E-state index contributed by atoms with van der Waals surface area (Å²) in [5, 5.41) is 0. The Morgan fingerprint density at radius 2 is 2.35 bits per heavy atom. The average Bonchev–Trinajstić information content (AvgIpc) is 2.76. The Hall–Kier alpha value is -1.13. The van der Waals surface area contributed by atoms with Crippen LogP contribution in [-0.4, -0.2) is 31.2 Å². The Balaban J connectivity index is 1.88. The van der Waals surface area contributed by atoms with Crippen molar-refractivity contribution in [3.05, 3.63) is 29.6 Å². The van der Waals surface area contributed by atoms with Crippen molar-refractivity contribution in [3.8, 4) is 0 Å². The van der Waals surface area contributed by atoms with E-state index in [4.69, 9.17) is 10.5 Å². The second kappa shape index (κ2) is 5.47. The first-order valence-corrected chi connectivity index (χ1v) is 5.99. The predicted molar refractivity (Wildman–Crippen MR) is 66.1 cm³/mol. The summed E-state index contributed by atoms with van der Waals surface area (Å²) in [4.78, 5) is 2.15. The van der Waals surface area contributed by atoms with Crippen LogP contribution in [0.25, 0.3) is 0 Å². The molecule has 0 aliphatic carbocycles. The quantitative estimate of drug-likeness (QED) is 0.816. The molecule has 0 saturated carbocycles. The zero-order valence-corrected chi connectivity index (χ0v) is 10.2. The van der Waals surface area contributed by atoms with Gasteiger partial charge >= 0.3 is 0 Å². The highest BCUT2D eigenvalue weighted by Gasteiger charge is 2.17. The molecule has 1 saturated heterocycles. The van der Waals surface area contributed by atoms with Gasteiger partial charge in [0.2, 0.25) is 0 Å². The van der Waals surface area contributed by atoms with Crippen molar-refractivity contribution in [3.63, 3.8) is 0 Å². The minimum absolute atomic E-state index is 0.204. The lowest BCUT2D eigenvalue weighted by Crippen LogP contribution is -2.28. The van der Waals surface area contributed by atoms with Gasteiger partial charge in [0.05, 0.1) is 11.8 Å². The molecule has 0 bridgehead atoms. The molecule has 0 amide bonds. The number of rotatable bonds is 4. The summed E-state index contributed by atoms with van der Waals surface area (Å²) in [7, 11) is 2.02. The maximum Gasteiger partial charge on any atom is 0.146 e. The van der Waals surface area contributed by atoms with Crippen molar-refractivity contribution in [2.24, 2.45) is 0 Å². The van der Waals surface area contributed by atoms with Gasteiger partial charge in [0.25, 0.3) is 0 Å². The van der Waals surface area contributed by atoms with E-state index in [2.05, 4.69) is 4.90 Å². The zero-order valence-electron chi connectivity index (χ0n) is 10.2. The maximum atomic E-state index is 13.3. The molecule has 4 heteroatoms. The SMILES string of the molecule is CN(Cc1ccc(N)c(F)c1)CC1CCCO1. The Kier molecular flexibility index (Phi) is 3.97. The molecule has 94 valence electrons. The summed E-state index contributed by atoms with van der Waals surface area (Å²) < 4.78 is 18.8. The topological polar surface area (TPSA) is 38.5 Å². The zero-order chi connectivity index (χ0) is 12.3. The fourth-order valence-electron chi connectivity index (χ4n) is 2.18. The molecule has 1 aromatic rings. The van der Waals surface area contributed by atoms with Crippen LogP contribution in [0.1, 0.15) is 18.4 Å². The number of nitrogens with zero attached hydrogens (tertiary/aromatic N) is 1. The van der Waals surface area contributed by atoms with E-state index in [1.165, 1.54) is 6.07 Å². The molecule has 1 aliphatic rings. The first-order valence-electron chi connectivity index (χ1n) is 5.99. The highest BCUT2D eigenvalue weighted by molar-refractivity contribution is 5.41. The lowest BCUT2D eigenvalue weighted by molar-refractivity contribution is 0.0793. The number of nitrogens with two attached hydrogens (primary N) is 1. The molecule has 1 unspecified atom stereocenters. The van der Waals surface area contributed by atoms with Crippen LogP contribution in [0, 0.1) is 5.82 Å². The van der Waals surface area contributed by atoms with E-state index in [0.717, 1.165) is 38.1 Å². The smallest absolute Gasteiger partial charge is 0.146 e. The summed E-state index contributed by atoms with van der Waals surface area (Å²) in [5.74, 6) is -0.340. The number of likely N-dealkylation sites (N-methyl/N-ethyl adjacent to an activating group) is 1. The van der Waals surface area contributed by atoms with Gasteiger partial charge in [-0.2, -0.15) is 0 Å². The second-order valence-electron chi connectivity index (χ2n) is 4.69. The van der Waals surface area contributed by atoms with Crippen LogP contribution < -0.4 is 5.73 Å². The van der Waals surface area contributed by atoms with Crippen molar-refractivity contribution in [2.45, 2.75) is 25.5 Å². The van der Waals surface area contributed by atoms with Gasteiger partial charge in [0.1, 0.15) is 5.82 Å². The monoisotopic (exact) mass is 238 g/mol. The van der Waals surface area contributed by atoms with Crippen LogP contribution in [0.3, 0.4) is 0 Å². The number of benzene rings is 1. The third-order valence-corrected chi connectivity index (χ3v) is 3.06. The van der Waals surface area contributed by atoms with Gasteiger partial charge in [0, 0.05) is 19.7 Å². The molecule has 3 nitrogen and oxygen atoms in total. The number of hydrogen-bond acceptors (Lipinski definition) is 3. The normalized spacial score (nSPS) is 20.1. The van der Waals surface area contributed by atoms with Gasteiger partial charge in [-0.1, -0.05) is 6.07 Å². The standard InChI is InChI=1S/C13H19FN2O/c1-16(9-11-3-2-6-17-11)8-10-4-5-13(15)12(14)7-10/h4-5,7,11H,2-3,6,8-9,15H2,1H3. The van der Waals surface area contributed by atoms with Crippen LogP contribution >= 0.6 is 0 Å². The second-order valence-corrected chi connectivity index (χ2v) is 4.69. The molecule has 2 N–H and O–H groups in total. The van der Waals surface area contributed by atoms with Crippen LogP contribution in [0.15, 0.2) is 18.2 Å². The fourth-order valence-corrected chi connectivity index (χ4v) is 2.18. The van der Waals surface area contributed by atoms with Gasteiger partial charge in [0.15, 0.2) is 0 Å². The molecular formula is C13H19FN2O. The van der Waals surface area contributed by atoms with Gasteiger partial charge in [-0.15, -0.1) is 0 Å². The largest absolute Gasteiger partial charge is 0.396 e. The van der Waals surface area contributed by atoms with Crippen molar-refractivity contribution in [1.29, 1.82) is 0 Å². The fraction of sp³-hybridized carbons (Fsp3) is 0.538. The number of anilines is 1. The average molecular weight is 238 g/mol. The summed E-state index contributed by atoms with van der Waals surface area (Å²) in [6, 6.07) is 4.98. The molecule has 17 heavy (non-hydrogen) atoms. The minimum atomic E-state index is -0.340. The maximum absolute atomic E-state index is 13.3. The van der Waals surface area contributed by atoms with E-state index in [0.29, 0.717) is 6.10 Å². The first-order chi connectivity index (χ1) is 8.15. The van der Waals surface area contributed by atoms with E-state index in [9.17, 15) is 4.39 Å². The van der Waals surface area contributed by atoms with Gasteiger partial charge in [-0.25, -0.2) is 4.39 Å². The number of nitrogen functional groups attached to an aromatic ring is 1. The van der Waals surface area contributed by atoms with Crippen molar-refractivity contribution in [2.75, 3.05) is 25.9 Å². The van der Waals surface area contributed by atoms with Crippen LogP contribution in [-0.2, 0) is 11.3 Å². The number of hydrogen-bond donors (Lipinski definition) is 1. The summed E-state index contributed by atoms with van der Waals surface area (Å²) in [6.07, 6.45) is 2.61. The predicted octanol–water partition coefficient (Wildman–Crippen LogP) is 2.02. The highest BCUT2D eigenvalue weighted by Crippen LogP contribution is 2.16. The number of halogens is 1. The molecule has 1 aromatic carbocycles. The first kappa shape index (κ1) is 12.3. The highest BCUT2D eigenvalue weighted by atomic mass is 19.1. The third-order valence-electron chi connectivity index (χ3n) is 3.06. The molecular weight excluding hydrogens is 219 g/mol. The molecule has 1 atom stereocenters. The minimum Gasteiger partial charge on any atom is -0.396 e. The molecule has 0 spiro atoms. The lowest BCUT2D eigenvalue weighted by atomic mass is 10.1. The Labute approximate surface area is 101 Å². The van der Waals surface area contributed by atoms with Crippen LogP contribution in [0.2, 0.25) is 0 Å². The molecule has 1 aliphatic heterocycles. The van der Waals surface area contributed by atoms with Crippen molar-refractivity contribution < 1.29 is 9.13 Å². The lowest BCUT2D eigenvalue weighted by Gasteiger charge is -2.20. The molecule has 1 heterocycles. The summed E-state index contributed by atoms with van der Waals surface area (Å²) >= 11 is 0. The third kappa shape index (κ3) is 3.41. The van der Waals surface area contributed by atoms with E-state index in [-0.39, 0.29) is 11.5 Å². The summed E-state index contributed by atoms with van der Waals surface area (Å²) in [6.45, 7) is 2.48. The van der Waals surface area contributed by atoms with Crippen LogP contribution in [0.4, 0.5) is 10.1 Å². The van der Waals surface area contributed by atoms with E-state index < -0.39 is 0 Å². The Morgan fingerprint density at radius 1 is 1.53 bits per heavy atom. The van der Waals surface area contributed by atoms with Crippen molar-refractivity contribution >= 4 is 5.69 Å². The summed E-state index contributed by atoms with van der Waals surface area (Å²) in [5.41, 5.74) is 6.59. The van der Waals surface area contributed by atoms with Gasteiger partial charge < -0.3 is 10.5 Å². The van der Waals surface area contributed by atoms with E-state index >= 15 is 0 Å². The van der Waals surface area contributed by atoms with Gasteiger partial charge in [-0.3, -0.25) is 4.90 Å². The molecule has 0 aromatic heterocycles. The van der Waals surface area contributed by atoms with E-state index in [1.807, 2.05) is 13.1 Å².